The molecule has 0 aliphatic heterocycles. The number of methoxy groups -OCH3 is 1. The van der Waals surface area contributed by atoms with Gasteiger partial charge in [-0.2, -0.15) is 0 Å². The smallest absolute Gasteiger partial charge is 0.239 e. The van der Waals surface area contributed by atoms with Gasteiger partial charge in [-0.1, -0.05) is 30.3 Å². The molecule has 3 N–H and O–H groups in total. The summed E-state index contributed by atoms with van der Waals surface area (Å²) in [5, 5.41) is 15.8. The number of hydrogen-bond donors (Lipinski definition) is 3. The van der Waals surface area contributed by atoms with E-state index in [0.717, 1.165) is 17.0 Å². The molecular weight excluding hydrogens is 280 g/mol. The van der Waals surface area contributed by atoms with Gasteiger partial charge in [0, 0.05) is 12.2 Å². The maximum absolute atomic E-state index is 11.7. The van der Waals surface area contributed by atoms with E-state index in [-0.39, 0.29) is 19.0 Å². The topological polar surface area (TPSA) is 70.6 Å². The van der Waals surface area contributed by atoms with Crippen LogP contribution in [0.5, 0.6) is 5.75 Å². The molecule has 5 heteroatoms. The summed E-state index contributed by atoms with van der Waals surface area (Å²) in [6.45, 7) is 0.334. The van der Waals surface area contributed by atoms with Gasteiger partial charge in [-0.05, 0) is 29.8 Å². The van der Waals surface area contributed by atoms with Crippen LogP contribution in [0.15, 0.2) is 54.6 Å². The minimum Gasteiger partial charge on any atom is -0.497 e. The zero-order valence-corrected chi connectivity index (χ0v) is 12.5. The van der Waals surface area contributed by atoms with Crippen molar-refractivity contribution in [1.82, 2.24) is 5.32 Å². The van der Waals surface area contributed by atoms with Crippen LogP contribution in [0.1, 0.15) is 11.7 Å². The number of hydrogen-bond acceptors (Lipinski definition) is 4. The van der Waals surface area contributed by atoms with Crippen molar-refractivity contribution in [3.05, 3.63) is 60.2 Å². The van der Waals surface area contributed by atoms with Gasteiger partial charge in [0.25, 0.3) is 0 Å². The van der Waals surface area contributed by atoms with E-state index in [4.69, 9.17) is 4.74 Å². The highest BCUT2D eigenvalue weighted by Crippen LogP contribution is 2.16. The van der Waals surface area contributed by atoms with Crippen molar-refractivity contribution in [3.8, 4) is 5.75 Å². The Morgan fingerprint density at radius 3 is 2.45 bits per heavy atom. The Balaban J connectivity index is 1.75. The molecule has 0 saturated heterocycles. The second-order valence-electron chi connectivity index (χ2n) is 4.81. The zero-order valence-electron chi connectivity index (χ0n) is 12.5. The van der Waals surface area contributed by atoms with Gasteiger partial charge in [-0.25, -0.2) is 0 Å². The molecule has 0 saturated carbocycles. The van der Waals surface area contributed by atoms with Crippen molar-refractivity contribution < 1.29 is 14.6 Å². The molecule has 2 rings (SSSR count). The molecule has 0 fully saturated rings. The van der Waals surface area contributed by atoms with Gasteiger partial charge in [0.05, 0.1) is 19.8 Å². The first kappa shape index (κ1) is 15.9. The first-order valence-electron chi connectivity index (χ1n) is 7.06. The zero-order chi connectivity index (χ0) is 15.8. The highest BCUT2D eigenvalue weighted by molar-refractivity contribution is 5.80. The molecule has 0 aliphatic rings. The maximum atomic E-state index is 11.7. The highest BCUT2D eigenvalue weighted by Gasteiger charge is 2.09. The summed E-state index contributed by atoms with van der Waals surface area (Å²) < 4.78 is 5.06. The lowest BCUT2D eigenvalue weighted by molar-refractivity contribution is -0.119. The Morgan fingerprint density at radius 2 is 1.82 bits per heavy atom. The van der Waals surface area contributed by atoms with Gasteiger partial charge >= 0.3 is 0 Å². The fourth-order valence-electron chi connectivity index (χ4n) is 1.96. The van der Waals surface area contributed by atoms with E-state index in [2.05, 4.69) is 10.6 Å². The average Bonchev–Trinajstić information content (AvgIpc) is 2.58. The van der Waals surface area contributed by atoms with Crippen LogP contribution < -0.4 is 15.4 Å². The quantitative estimate of drug-likeness (QED) is 0.731. The summed E-state index contributed by atoms with van der Waals surface area (Å²) in [6, 6.07) is 16.6. The SMILES string of the molecule is COc1ccc(C(O)CNC(=O)CNc2ccccc2)cc1. The average molecular weight is 300 g/mol. The van der Waals surface area contributed by atoms with E-state index >= 15 is 0 Å². The predicted octanol–water partition coefficient (Wildman–Crippen LogP) is 1.96. The minimum atomic E-state index is -0.744. The Bertz CT molecular complexity index is 585. The van der Waals surface area contributed by atoms with E-state index < -0.39 is 6.10 Å². The molecule has 0 aliphatic carbocycles. The molecule has 0 spiro atoms. The third-order valence-electron chi connectivity index (χ3n) is 3.22. The first-order valence-corrected chi connectivity index (χ1v) is 7.06. The van der Waals surface area contributed by atoms with Crippen LogP contribution in [0.4, 0.5) is 5.69 Å². The molecule has 2 aromatic carbocycles. The van der Waals surface area contributed by atoms with Gasteiger partial charge < -0.3 is 20.5 Å². The number of ether oxygens (including phenoxy) is 1. The van der Waals surface area contributed by atoms with E-state index in [1.54, 1.807) is 31.4 Å². The summed E-state index contributed by atoms with van der Waals surface area (Å²) >= 11 is 0. The number of para-hydroxylation sites is 1. The number of aliphatic hydroxyl groups excluding tert-OH is 1. The first-order chi connectivity index (χ1) is 10.7. The maximum Gasteiger partial charge on any atom is 0.239 e. The number of aliphatic hydroxyl groups is 1. The third-order valence-corrected chi connectivity index (χ3v) is 3.22. The molecular formula is C17H20N2O3. The number of carbonyl (C=O) groups excluding carboxylic acids is 1. The van der Waals surface area contributed by atoms with Crippen LogP contribution >= 0.6 is 0 Å². The number of nitrogens with one attached hydrogen (secondary N) is 2. The van der Waals surface area contributed by atoms with Crippen LogP contribution in [0.3, 0.4) is 0 Å². The number of benzene rings is 2. The van der Waals surface area contributed by atoms with E-state index in [1.807, 2.05) is 30.3 Å². The number of amides is 1. The predicted molar refractivity (Wildman–Crippen MR) is 85.9 cm³/mol. The van der Waals surface area contributed by atoms with Crippen LogP contribution in [0, 0.1) is 0 Å². The molecule has 0 aromatic heterocycles. The van der Waals surface area contributed by atoms with Gasteiger partial charge in [-0.15, -0.1) is 0 Å². The fourth-order valence-corrected chi connectivity index (χ4v) is 1.96. The summed E-state index contributed by atoms with van der Waals surface area (Å²) in [7, 11) is 1.59. The number of carbonyl (C=O) groups is 1. The second kappa shape index (κ2) is 8.05. The molecule has 116 valence electrons. The summed E-state index contributed by atoms with van der Waals surface area (Å²) in [6.07, 6.45) is -0.744. The van der Waals surface area contributed by atoms with Gasteiger partial charge in [0.2, 0.25) is 5.91 Å². The Morgan fingerprint density at radius 1 is 1.14 bits per heavy atom. The Labute approximate surface area is 129 Å². The van der Waals surface area contributed by atoms with Crippen molar-refractivity contribution in [2.75, 3.05) is 25.5 Å². The van der Waals surface area contributed by atoms with E-state index in [1.165, 1.54) is 0 Å². The molecule has 0 bridgehead atoms. The van der Waals surface area contributed by atoms with Crippen molar-refractivity contribution in [2.24, 2.45) is 0 Å². The summed E-state index contributed by atoms with van der Waals surface area (Å²) in [5.41, 5.74) is 1.62. The molecule has 2 aromatic rings. The molecule has 0 heterocycles. The fraction of sp³-hybridized carbons (Fsp3) is 0.235. The number of anilines is 1. The second-order valence-corrected chi connectivity index (χ2v) is 4.81. The highest BCUT2D eigenvalue weighted by atomic mass is 16.5. The largest absolute Gasteiger partial charge is 0.497 e. The van der Waals surface area contributed by atoms with Crippen LogP contribution in [0.2, 0.25) is 0 Å². The molecule has 5 nitrogen and oxygen atoms in total. The molecule has 1 amide bonds. The minimum absolute atomic E-state index is 0.166. The lowest BCUT2D eigenvalue weighted by Gasteiger charge is -2.13. The summed E-state index contributed by atoms with van der Waals surface area (Å²) in [5.74, 6) is 0.559. The van der Waals surface area contributed by atoms with Gasteiger partial charge in [0.15, 0.2) is 0 Å². The Hall–Kier alpha value is -2.53. The van der Waals surface area contributed by atoms with Crippen molar-refractivity contribution in [3.63, 3.8) is 0 Å². The van der Waals surface area contributed by atoms with E-state index in [9.17, 15) is 9.90 Å². The molecule has 22 heavy (non-hydrogen) atoms. The Kier molecular flexibility index (Phi) is 5.80. The lowest BCUT2D eigenvalue weighted by atomic mass is 10.1. The molecule has 1 atom stereocenters. The van der Waals surface area contributed by atoms with Crippen LogP contribution in [-0.4, -0.2) is 31.2 Å². The van der Waals surface area contributed by atoms with Crippen LogP contribution in [0.25, 0.3) is 0 Å². The molecule has 0 radical (unpaired) electrons. The number of rotatable bonds is 7. The van der Waals surface area contributed by atoms with Gasteiger partial charge in [-0.3, -0.25) is 4.79 Å². The molecule has 1 unspecified atom stereocenters. The van der Waals surface area contributed by atoms with Crippen molar-refractivity contribution >= 4 is 11.6 Å². The van der Waals surface area contributed by atoms with E-state index in [0.29, 0.717) is 0 Å². The lowest BCUT2D eigenvalue weighted by Crippen LogP contribution is -2.33. The monoisotopic (exact) mass is 300 g/mol. The standard InChI is InChI=1S/C17H20N2O3/c1-22-15-9-7-13(8-10-15)16(20)11-19-17(21)12-18-14-5-3-2-4-6-14/h2-10,16,18,20H,11-12H2,1H3,(H,19,21). The third kappa shape index (κ3) is 4.79. The van der Waals surface area contributed by atoms with Crippen molar-refractivity contribution in [1.29, 1.82) is 0 Å². The van der Waals surface area contributed by atoms with Crippen LogP contribution in [-0.2, 0) is 4.79 Å². The summed E-state index contributed by atoms with van der Waals surface area (Å²) in [4.78, 5) is 11.7. The van der Waals surface area contributed by atoms with Gasteiger partial charge in [0.1, 0.15) is 5.75 Å². The normalized spacial score (nSPS) is 11.5. The van der Waals surface area contributed by atoms with Crippen molar-refractivity contribution in [2.45, 2.75) is 6.10 Å².